The molecule has 1 aliphatic heterocycles. The molecule has 1 fully saturated rings. The maximum Gasteiger partial charge on any atom is 0.272 e. The number of carbonyl (C=O) groups is 1. The zero-order chi connectivity index (χ0) is 14.5. The lowest BCUT2D eigenvalue weighted by molar-refractivity contribution is 0.0468. The molecule has 0 aromatic carbocycles. The molecule has 1 unspecified atom stereocenters. The number of aliphatic hydroxyl groups is 1. The van der Waals surface area contributed by atoms with Gasteiger partial charge in [0.2, 0.25) is 0 Å². The van der Waals surface area contributed by atoms with Crippen molar-refractivity contribution in [3.8, 4) is 0 Å². The van der Waals surface area contributed by atoms with Gasteiger partial charge in [-0.2, -0.15) is 0 Å². The van der Waals surface area contributed by atoms with E-state index in [1.165, 1.54) is 0 Å². The van der Waals surface area contributed by atoms with Gasteiger partial charge in [0, 0.05) is 32.2 Å². The van der Waals surface area contributed by atoms with Crippen LogP contribution in [0.3, 0.4) is 0 Å². The van der Waals surface area contributed by atoms with Crippen LogP contribution in [0.2, 0.25) is 0 Å². The largest absolute Gasteiger partial charge is 0.395 e. The predicted molar refractivity (Wildman–Crippen MR) is 80.6 cm³/mol. The Hall–Kier alpha value is -0.980. The van der Waals surface area contributed by atoms with Gasteiger partial charge in [0.25, 0.3) is 5.91 Å². The Morgan fingerprint density at radius 1 is 1.40 bits per heavy atom. The molecule has 0 spiro atoms. The standard InChI is InChI=1S/C14H20BrN3O2/c1-2-11(10-19)17-6-8-18(9-7-17)14(20)12-4-3-5-13(15)16-12/h3-5,11,19H,2,6-10H2,1H3. The van der Waals surface area contributed by atoms with Gasteiger partial charge in [-0.15, -0.1) is 0 Å². The maximum absolute atomic E-state index is 12.3. The van der Waals surface area contributed by atoms with Gasteiger partial charge < -0.3 is 10.0 Å². The molecule has 1 saturated heterocycles. The number of hydrogen-bond donors (Lipinski definition) is 1. The monoisotopic (exact) mass is 341 g/mol. The summed E-state index contributed by atoms with van der Waals surface area (Å²) < 4.78 is 0.674. The molecule has 2 heterocycles. The summed E-state index contributed by atoms with van der Waals surface area (Å²) >= 11 is 3.28. The summed E-state index contributed by atoms with van der Waals surface area (Å²) in [7, 11) is 0. The third kappa shape index (κ3) is 3.56. The third-order valence-corrected chi connectivity index (χ3v) is 4.18. The second-order valence-electron chi connectivity index (χ2n) is 4.92. The van der Waals surface area contributed by atoms with E-state index in [9.17, 15) is 9.90 Å². The number of carbonyl (C=O) groups excluding carboxylic acids is 1. The van der Waals surface area contributed by atoms with Crippen LogP contribution in [-0.2, 0) is 0 Å². The quantitative estimate of drug-likeness (QED) is 0.840. The number of halogens is 1. The molecule has 1 aromatic rings. The first-order valence-corrected chi connectivity index (χ1v) is 7.71. The van der Waals surface area contributed by atoms with Crippen molar-refractivity contribution in [1.29, 1.82) is 0 Å². The molecule has 0 aliphatic carbocycles. The highest BCUT2D eigenvalue weighted by Crippen LogP contribution is 2.13. The van der Waals surface area contributed by atoms with E-state index in [0.29, 0.717) is 23.4 Å². The fourth-order valence-electron chi connectivity index (χ4n) is 2.48. The average molecular weight is 342 g/mol. The van der Waals surface area contributed by atoms with Gasteiger partial charge in [-0.05, 0) is 34.5 Å². The average Bonchev–Trinajstić information content (AvgIpc) is 2.48. The van der Waals surface area contributed by atoms with Gasteiger partial charge >= 0.3 is 0 Å². The summed E-state index contributed by atoms with van der Waals surface area (Å²) in [5.41, 5.74) is 0.474. The number of hydrogen-bond acceptors (Lipinski definition) is 4. The van der Waals surface area contributed by atoms with Crippen LogP contribution in [-0.4, -0.2) is 64.6 Å². The SMILES string of the molecule is CCC(CO)N1CCN(C(=O)c2cccc(Br)n2)CC1. The molecule has 0 radical (unpaired) electrons. The molecule has 6 heteroatoms. The zero-order valence-electron chi connectivity index (χ0n) is 11.6. The molecule has 5 nitrogen and oxygen atoms in total. The minimum Gasteiger partial charge on any atom is -0.395 e. The number of piperazine rings is 1. The van der Waals surface area contributed by atoms with Crippen LogP contribution < -0.4 is 0 Å². The fourth-order valence-corrected chi connectivity index (χ4v) is 2.83. The molecule has 1 amide bonds. The Morgan fingerprint density at radius 2 is 2.10 bits per heavy atom. The number of nitrogens with zero attached hydrogens (tertiary/aromatic N) is 3. The first kappa shape index (κ1) is 15.4. The zero-order valence-corrected chi connectivity index (χ0v) is 13.2. The molecule has 1 aliphatic rings. The first-order valence-electron chi connectivity index (χ1n) is 6.92. The molecule has 1 N–H and O–H groups in total. The Balaban J connectivity index is 1.95. The summed E-state index contributed by atoms with van der Waals surface area (Å²) in [6, 6.07) is 5.57. The minimum absolute atomic E-state index is 0.0250. The van der Waals surface area contributed by atoms with Crippen molar-refractivity contribution < 1.29 is 9.90 Å². The lowest BCUT2D eigenvalue weighted by atomic mass is 10.1. The summed E-state index contributed by atoms with van der Waals surface area (Å²) in [4.78, 5) is 20.6. The number of aliphatic hydroxyl groups excluding tert-OH is 1. The third-order valence-electron chi connectivity index (χ3n) is 3.73. The summed E-state index contributed by atoms with van der Waals surface area (Å²) in [5.74, 6) is -0.0250. The number of aromatic nitrogens is 1. The van der Waals surface area contributed by atoms with Crippen molar-refractivity contribution in [2.24, 2.45) is 0 Å². The van der Waals surface area contributed by atoms with E-state index in [2.05, 4.69) is 32.7 Å². The van der Waals surface area contributed by atoms with Crippen LogP contribution in [0.15, 0.2) is 22.8 Å². The molecular weight excluding hydrogens is 322 g/mol. The van der Waals surface area contributed by atoms with Crippen LogP contribution in [0.4, 0.5) is 0 Å². The highest BCUT2D eigenvalue weighted by molar-refractivity contribution is 9.10. The molecule has 20 heavy (non-hydrogen) atoms. The predicted octanol–water partition coefficient (Wildman–Crippen LogP) is 1.37. The van der Waals surface area contributed by atoms with E-state index in [1.807, 2.05) is 17.0 Å². The lowest BCUT2D eigenvalue weighted by Gasteiger charge is -2.38. The molecule has 0 bridgehead atoms. The van der Waals surface area contributed by atoms with Gasteiger partial charge in [-0.3, -0.25) is 9.69 Å². The Labute approximate surface area is 127 Å². The number of rotatable bonds is 4. The van der Waals surface area contributed by atoms with Crippen molar-refractivity contribution in [2.45, 2.75) is 19.4 Å². The summed E-state index contributed by atoms with van der Waals surface area (Å²) in [5, 5.41) is 9.32. The van der Waals surface area contributed by atoms with Crippen LogP contribution >= 0.6 is 15.9 Å². The minimum atomic E-state index is -0.0250. The molecule has 0 saturated carbocycles. The number of pyridine rings is 1. The molecule has 1 atom stereocenters. The summed E-state index contributed by atoms with van der Waals surface area (Å²) in [6.45, 7) is 5.23. The second kappa shape index (κ2) is 7.15. The van der Waals surface area contributed by atoms with E-state index in [1.54, 1.807) is 6.07 Å². The Morgan fingerprint density at radius 3 is 2.65 bits per heavy atom. The van der Waals surface area contributed by atoms with Gasteiger partial charge in [0.05, 0.1) is 6.61 Å². The second-order valence-corrected chi connectivity index (χ2v) is 5.73. The topological polar surface area (TPSA) is 56.7 Å². The molecule has 1 aromatic heterocycles. The first-order chi connectivity index (χ1) is 9.65. The molecular formula is C14H20BrN3O2. The Kier molecular flexibility index (Phi) is 5.51. The van der Waals surface area contributed by atoms with Crippen molar-refractivity contribution in [1.82, 2.24) is 14.8 Å². The maximum atomic E-state index is 12.3. The normalized spacial score (nSPS) is 18.1. The fraction of sp³-hybridized carbons (Fsp3) is 0.571. The van der Waals surface area contributed by atoms with Crippen molar-refractivity contribution in [3.63, 3.8) is 0 Å². The van der Waals surface area contributed by atoms with Crippen LogP contribution in [0.25, 0.3) is 0 Å². The molecule has 2 rings (SSSR count). The smallest absolute Gasteiger partial charge is 0.272 e. The number of amides is 1. The van der Waals surface area contributed by atoms with Gasteiger partial charge in [0.1, 0.15) is 10.3 Å². The van der Waals surface area contributed by atoms with Crippen molar-refractivity contribution >= 4 is 21.8 Å². The van der Waals surface area contributed by atoms with Crippen LogP contribution in [0.5, 0.6) is 0 Å². The van der Waals surface area contributed by atoms with E-state index < -0.39 is 0 Å². The van der Waals surface area contributed by atoms with E-state index in [0.717, 1.165) is 19.5 Å². The van der Waals surface area contributed by atoms with E-state index >= 15 is 0 Å². The van der Waals surface area contributed by atoms with E-state index in [4.69, 9.17) is 0 Å². The molecule has 110 valence electrons. The van der Waals surface area contributed by atoms with Gasteiger partial charge in [-0.1, -0.05) is 13.0 Å². The van der Waals surface area contributed by atoms with Crippen LogP contribution in [0.1, 0.15) is 23.8 Å². The van der Waals surface area contributed by atoms with Crippen molar-refractivity contribution in [3.05, 3.63) is 28.5 Å². The van der Waals surface area contributed by atoms with Crippen molar-refractivity contribution in [2.75, 3.05) is 32.8 Å². The summed E-state index contributed by atoms with van der Waals surface area (Å²) in [6.07, 6.45) is 0.928. The van der Waals surface area contributed by atoms with E-state index in [-0.39, 0.29) is 18.6 Å². The lowest BCUT2D eigenvalue weighted by Crippen LogP contribution is -2.52. The highest BCUT2D eigenvalue weighted by Gasteiger charge is 2.26. The van der Waals surface area contributed by atoms with Crippen LogP contribution in [0, 0.1) is 0 Å². The Bertz CT molecular complexity index is 457. The van der Waals surface area contributed by atoms with Gasteiger partial charge in [-0.25, -0.2) is 4.98 Å². The highest BCUT2D eigenvalue weighted by atomic mass is 79.9. The van der Waals surface area contributed by atoms with Gasteiger partial charge in [0.15, 0.2) is 0 Å².